The highest BCUT2D eigenvalue weighted by Gasteiger charge is 2.30. The van der Waals surface area contributed by atoms with Crippen LogP contribution in [0.3, 0.4) is 0 Å². The molecule has 17 nitrogen and oxygen atoms in total. The number of hydrogen-bond acceptors (Lipinski definition) is 15. The minimum atomic E-state index is -4.96. The van der Waals surface area contributed by atoms with Crippen molar-refractivity contribution in [2.24, 2.45) is 17.8 Å². The number of carbonyl (C=O) groups is 4. The number of phosphoric ester groups is 2. The van der Waals surface area contributed by atoms with Gasteiger partial charge in [0.2, 0.25) is 0 Å². The summed E-state index contributed by atoms with van der Waals surface area (Å²) in [5.74, 6) is 0.158. The molecule has 0 aliphatic rings. The number of aliphatic hydroxyl groups excluding tert-OH is 1. The lowest BCUT2D eigenvalue weighted by Gasteiger charge is -2.21. The van der Waals surface area contributed by atoms with Gasteiger partial charge in [0.1, 0.15) is 19.3 Å². The summed E-state index contributed by atoms with van der Waals surface area (Å²) in [5, 5.41) is 10.6. The van der Waals surface area contributed by atoms with Crippen LogP contribution in [0.5, 0.6) is 0 Å². The maximum atomic E-state index is 13.1. The highest BCUT2D eigenvalue weighted by Crippen LogP contribution is 2.45. The lowest BCUT2D eigenvalue weighted by Crippen LogP contribution is -2.30. The Labute approximate surface area is 594 Å². The van der Waals surface area contributed by atoms with Crippen molar-refractivity contribution in [2.45, 2.75) is 420 Å². The maximum absolute atomic E-state index is 13.1. The van der Waals surface area contributed by atoms with Gasteiger partial charge >= 0.3 is 39.5 Å². The van der Waals surface area contributed by atoms with Gasteiger partial charge in [-0.25, -0.2) is 9.13 Å². The van der Waals surface area contributed by atoms with Crippen LogP contribution >= 0.6 is 15.6 Å². The summed E-state index contributed by atoms with van der Waals surface area (Å²) in [6.07, 6.45) is 55.6. The van der Waals surface area contributed by atoms with Crippen LogP contribution in [-0.4, -0.2) is 96.7 Å². The number of carbonyl (C=O) groups excluding carboxylic acids is 4. The van der Waals surface area contributed by atoms with Gasteiger partial charge in [0.25, 0.3) is 0 Å². The molecule has 0 bridgehead atoms. The molecule has 0 spiro atoms. The zero-order valence-corrected chi connectivity index (χ0v) is 65.3. The Balaban J connectivity index is 5.22. The molecule has 19 heteroatoms. The summed E-state index contributed by atoms with van der Waals surface area (Å²) in [7, 11) is -9.92. The van der Waals surface area contributed by atoms with Crippen molar-refractivity contribution in [1.29, 1.82) is 0 Å². The van der Waals surface area contributed by atoms with E-state index in [2.05, 4.69) is 48.5 Å². The first-order valence-corrected chi connectivity index (χ1v) is 43.4. The molecule has 576 valence electrons. The molecule has 7 atom stereocenters. The van der Waals surface area contributed by atoms with E-state index in [0.717, 1.165) is 114 Å². The molecular formula is C78H152O17P2. The number of phosphoric acid groups is 2. The molecule has 0 aliphatic heterocycles. The predicted octanol–water partition coefficient (Wildman–Crippen LogP) is 23.0. The molecular weight excluding hydrogens is 1270 g/mol. The van der Waals surface area contributed by atoms with Gasteiger partial charge in [0.05, 0.1) is 26.4 Å². The number of aliphatic hydroxyl groups is 1. The second-order valence-corrected chi connectivity index (χ2v) is 32.0. The van der Waals surface area contributed by atoms with E-state index in [-0.39, 0.29) is 25.7 Å². The monoisotopic (exact) mass is 1420 g/mol. The number of ether oxygens (including phenoxy) is 4. The molecule has 0 aromatic rings. The van der Waals surface area contributed by atoms with E-state index < -0.39 is 97.5 Å². The number of unbranched alkanes of at least 4 members (excludes halogenated alkanes) is 42. The van der Waals surface area contributed by atoms with Gasteiger partial charge in [0, 0.05) is 25.7 Å². The Hall–Kier alpha value is -1.94. The van der Waals surface area contributed by atoms with Crippen molar-refractivity contribution in [1.82, 2.24) is 0 Å². The molecule has 0 rings (SSSR count). The van der Waals surface area contributed by atoms with E-state index in [4.69, 9.17) is 37.0 Å². The van der Waals surface area contributed by atoms with E-state index >= 15 is 0 Å². The topological polar surface area (TPSA) is 237 Å². The largest absolute Gasteiger partial charge is 0.472 e. The van der Waals surface area contributed by atoms with E-state index in [0.29, 0.717) is 25.7 Å². The average molecular weight is 1420 g/mol. The van der Waals surface area contributed by atoms with Gasteiger partial charge in [-0.15, -0.1) is 0 Å². The Bertz CT molecular complexity index is 1890. The molecule has 0 radical (unpaired) electrons. The fourth-order valence-corrected chi connectivity index (χ4v) is 13.5. The molecule has 0 aliphatic carbocycles. The first kappa shape index (κ1) is 95.1. The van der Waals surface area contributed by atoms with Crippen LogP contribution in [-0.2, 0) is 65.4 Å². The van der Waals surface area contributed by atoms with Crippen molar-refractivity contribution < 1.29 is 80.2 Å². The summed E-state index contributed by atoms with van der Waals surface area (Å²) in [5.41, 5.74) is 0. The van der Waals surface area contributed by atoms with Crippen LogP contribution in [0, 0.1) is 17.8 Å². The number of rotatable bonds is 76. The van der Waals surface area contributed by atoms with Crippen molar-refractivity contribution >= 4 is 39.5 Å². The van der Waals surface area contributed by atoms with Gasteiger partial charge < -0.3 is 33.8 Å². The van der Waals surface area contributed by atoms with E-state index in [1.54, 1.807) is 0 Å². The first-order chi connectivity index (χ1) is 46.8. The fourth-order valence-electron chi connectivity index (χ4n) is 11.9. The Morgan fingerprint density at radius 3 is 0.784 bits per heavy atom. The van der Waals surface area contributed by atoms with Crippen molar-refractivity contribution in [3.63, 3.8) is 0 Å². The minimum absolute atomic E-state index is 0.104. The Morgan fingerprint density at radius 2 is 0.526 bits per heavy atom. The predicted molar refractivity (Wildman–Crippen MR) is 395 cm³/mol. The Kier molecular flexibility index (Phi) is 67.1. The van der Waals surface area contributed by atoms with E-state index in [9.17, 15) is 43.2 Å². The minimum Gasteiger partial charge on any atom is -0.462 e. The molecule has 0 saturated carbocycles. The first-order valence-electron chi connectivity index (χ1n) is 40.4. The van der Waals surface area contributed by atoms with Crippen LogP contribution in [0.15, 0.2) is 0 Å². The maximum Gasteiger partial charge on any atom is 0.472 e. The molecule has 4 unspecified atom stereocenters. The summed E-state index contributed by atoms with van der Waals surface area (Å²) in [6.45, 7) is 11.9. The molecule has 0 amide bonds. The standard InChI is InChI=1S/C78H152O17P2/c1-8-11-12-13-14-15-16-17-18-19-20-21-22-23-24-25-26-33-38-47-54-61-77(82)94-73(65-88-75(80)59-52-45-37-32-28-27-31-36-43-50-57-70(6)9-2)67-92-96(84,85)90-63-72(79)64-91-97(86,87)93-68-74(66-89-76(81)60-53-46-41-40-44-51-58-71(7)10-3)95-78(83)62-55-48-39-34-29-30-35-42-49-56-69(4)5/h69-74,79H,8-68H2,1-7H3,(H,84,85)(H,86,87)/t70?,71?,72-,73-,74-/m1/s1. The molecule has 0 aromatic carbocycles. The van der Waals surface area contributed by atoms with Crippen molar-refractivity contribution in [3.8, 4) is 0 Å². The van der Waals surface area contributed by atoms with Gasteiger partial charge in [0.15, 0.2) is 12.2 Å². The fraction of sp³-hybridized carbons (Fsp3) is 0.949. The molecule has 0 heterocycles. The van der Waals surface area contributed by atoms with E-state index in [1.807, 2.05) is 0 Å². The summed E-state index contributed by atoms with van der Waals surface area (Å²) in [6, 6.07) is 0. The SMILES string of the molecule is CCCCCCCCCCCCCCCCCCCCCCCC(=O)O[C@H](COC(=O)CCCCCCCCCCCCC(C)CC)COP(=O)(O)OC[C@@H](O)COP(=O)(O)OC[C@@H](COC(=O)CCCCCCCCC(C)CC)OC(=O)CCCCCCCCCCCC(C)C. The number of hydrogen-bond donors (Lipinski definition) is 3. The quantitative estimate of drug-likeness (QED) is 0.0222. The normalized spacial score (nSPS) is 14.6. The zero-order valence-electron chi connectivity index (χ0n) is 63.5. The molecule has 97 heavy (non-hydrogen) atoms. The molecule has 0 fully saturated rings. The second kappa shape index (κ2) is 68.5. The van der Waals surface area contributed by atoms with Crippen LogP contribution in [0.25, 0.3) is 0 Å². The third kappa shape index (κ3) is 69.5. The molecule has 0 aromatic heterocycles. The average Bonchev–Trinajstić information content (AvgIpc) is 1.34. The Morgan fingerprint density at radius 1 is 0.299 bits per heavy atom. The second-order valence-electron chi connectivity index (χ2n) is 29.1. The smallest absolute Gasteiger partial charge is 0.462 e. The van der Waals surface area contributed by atoms with Crippen LogP contribution in [0.4, 0.5) is 0 Å². The van der Waals surface area contributed by atoms with Crippen LogP contribution < -0.4 is 0 Å². The number of esters is 4. The third-order valence-electron chi connectivity index (χ3n) is 18.9. The van der Waals surface area contributed by atoms with E-state index in [1.165, 1.54) is 205 Å². The summed E-state index contributed by atoms with van der Waals surface area (Å²) < 4.78 is 68.6. The molecule has 3 N–H and O–H groups in total. The van der Waals surface area contributed by atoms with Gasteiger partial charge in [-0.05, 0) is 43.4 Å². The van der Waals surface area contributed by atoms with Gasteiger partial charge in [-0.2, -0.15) is 0 Å². The zero-order chi connectivity index (χ0) is 71.6. The van der Waals surface area contributed by atoms with Crippen LogP contribution in [0.1, 0.15) is 402 Å². The third-order valence-corrected chi connectivity index (χ3v) is 20.8. The highest BCUT2D eigenvalue weighted by atomic mass is 31.2. The molecule has 0 saturated heterocycles. The highest BCUT2D eigenvalue weighted by molar-refractivity contribution is 7.47. The van der Waals surface area contributed by atoms with Crippen molar-refractivity contribution in [2.75, 3.05) is 39.6 Å². The van der Waals surface area contributed by atoms with Crippen LogP contribution in [0.2, 0.25) is 0 Å². The van der Waals surface area contributed by atoms with Crippen molar-refractivity contribution in [3.05, 3.63) is 0 Å². The van der Waals surface area contributed by atoms with Gasteiger partial charge in [-0.1, -0.05) is 350 Å². The lowest BCUT2D eigenvalue weighted by atomic mass is 9.99. The summed E-state index contributed by atoms with van der Waals surface area (Å²) in [4.78, 5) is 72.9. The van der Waals surface area contributed by atoms with Gasteiger partial charge in [-0.3, -0.25) is 37.3 Å². The lowest BCUT2D eigenvalue weighted by molar-refractivity contribution is -0.161. The summed E-state index contributed by atoms with van der Waals surface area (Å²) >= 11 is 0.